The Morgan fingerprint density at radius 1 is 1.50 bits per heavy atom. The Morgan fingerprint density at radius 2 is 2.21 bits per heavy atom. The van der Waals surface area contributed by atoms with Gasteiger partial charge in [-0.2, -0.15) is 0 Å². The second kappa shape index (κ2) is 5.63. The van der Waals surface area contributed by atoms with Crippen molar-refractivity contribution in [2.45, 2.75) is 5.16 Å². The third-order valence-electron chi connectivity index (χ3n) is 1.45. The van der Waals surface area contributed by atoms with E-state index in [4.69, 9.17) is 10.9 Å². The summed E-state index contributed by atoms with van der Waals surface area (Å²) in [6.45, 7) is 0.513. The molecule has 0 saturated carbocycles. The van der Waals surface area contributed by atoms with Crippen LogP contribution in [0.3, 0.4) is 0 Å². The Bertz CT molecular complexity index is 273. The molecule has 78 valence electrons. The molecule has 1 rings (SSSR count). The number of hydrogen-bond acceptors (Lipinski definition) is 7. The van der Waals surface area contributed by atoms with Crippen molar-refractivity contribution in [1.82, 2.24) is 9.97 Å². The fourth-order valence-corrected chi connectivity index (χ4v) is 1.24. The van der Waals surface area contributed by atoms with E-state index in [0.29, 0.717) is 23.3 Å². The minimum absolute atomic E-state index is 0.0595. The van der Waals surface area contributed by atoms with Gasteiger partial charge in [0.25, 0.3) is 0 Å². The molecule has 6 nitrogen and oxygen atoms in total. The molecule has 0 atom stereocenters. The van der Waals surface area contributed by atoms with Gasteiger partial charge in [-0.25, -0.2) is 15.8 Å². The van der Waals surface area contributed by atoms with Crippen molar-refractivity contribution in [3.05, 3.63) is 6.07 Å². The van der Waals surface area contributed by atoms with Gasteiger partial charge in [-0.3, -0.25) is 0 Å². The molecule has 0 aromatic carbocycles. The van der Waals surface area contributed by atoms with Crippen LogP contribution in [0.5, 0.6) is 0 Å². The van der Waals surface area contributed by atoms with Crippen LogP contribution in [0, 0.1) is 0 Å². The maximum absolute atomic E-state index is 8.63. The van der Waals surface area contributed by atoms with Gasteiger partial charge < -0.3 is 15.8 Å². The molecule has 0 saturated heterocycles. The van der Waals surface area contributed by atoms with Crippen molar-refractivity contribution < 1.29 is 5.11 Å². The minimum Gasteiger partial charge on any atom is -0.395 e. The third-order valence-corrected chi connectivity index (χ3v) is 2.00. The predicted octanol–water partition coefficient (Wildman–Crippen LogP) is -0.112. The maximum atomic E-state index is 8.63. The predicted molar refractivity (Wildman–Crippen MR) is 57.2 cm³/mol. The molecule has 0 aliphatic rings. The molecule has 0 spiro atoms. The number of nitrogens with zero attached hydrogens (tertiary/aromatic N) is 2. The molecule has 0 radical (unpaired) electrons. The van der Waals surface area contributed by atoms with Crippen LogP contribution in [0.25, 0.3) is 0 Å². The molecule has 7 heteroatoms. The number of nitrogens with one attached hydrogen (secondary N) is 2. The van der Waals surface area contributed by atoms with Crippen LogP contribution in [-0.2, 0) is 0 Å². The fraction of sp³-hybridized carbons (Fsp3) is 0.429. The van der Waals surface area contributed by atoms with Crippen molar-refractivity contribution in [2.24, 2.45) is 5.84 Å². The van der Waals surface area contributed by atoms with Gasteiger partial charge in [0.1, 0.15) is 11.6 Å². The van der Waals surface area contributed by atoms with Crippen LogP contribution in [0.4, 0.5) is 11.6 Å². The number of hydrazine groups is 1. The number of anilines is 2. The first kappa shape index (κ1) is 11.0. The van der Waals surface area contributed by atoms with Gasteiger partial charge in [0.2, 0.25) is 0 Å². The Hall–Kier alpha value is -1.05. The lowest BCUT2D eigenvalue weighted by atomic mass is 10.5. The van der Waals surface area contributed by atoms with Crippen molar-refractivity contribution >= 4 is 23.4 Å². The highest BCUT2D eigenvalue weighted by Crippen LogP contribution is 2.16. The summed E-state index contributed by atoms with van der Waals surface area (Å²) in [7, 11) is 0. The number of aliphatic hydroxyl groups is 1. The minimum atomic E-state index is 0.0595. The van der Waals surface area contributed by atoms with E-state index in [9.17, 15) is 0 Å². The zero-order valence-corrected chi connectivity index (χ0v) is 8.64. The summed E-state index contributed by atoms with van der Waals surface area (Å²) < 4.78 is 0. The molecule has 5 N–H and O–H groups in total. The number of rotatable bonds is 5. The Labute approximate surface area is 86.3 Å². The molecule has 0 aliphatic heterocycles. The molecule has 0 fully saturated rings. The van der Waals surface area contributed by atoms with E-state index in [2.05, 4.69) is 20.7 Å². The highest BCUT2D eigenvalue weighted by atomic mass is 32.2. The van der Waals surface area contributed by atoms with Crippen molar-refractivity contribution in [1.29, 1.82) is 0 Å². The molecule has 0 bridgehead atoms. The maximum Gasteiger partial charge on any atom is 0.191 e. The van der Waals surface area contributed by atoms with E-state index in [0.717, 1.165) is 0 Å². The van der Waals surface area contributed by atoms with Gasteiger partial charge in [-0.1, -0.05) is 11.8 Å². The first-order valence-corrected chi connectivity index (χ1v) is 5.27. The summed E-state index contributed by atoms with van der Waals surface area (Å²) in [5, 5.41) is 12.2. The number of thioether (sulfide) groups is 1. The average molecular weight is 215 g/mol. The van der Waals surface area contributed by atoms with E-state index in [-0.39, 0.29) is 6.61 Å². The standard InChI is InChI=1S/C7H13N5OS/c1-14-7-10-5(9-2-3-13)4-6(11-7)12-8/h4,13H,2-3,8H2,1H3,(H2,9,10,11,12). The average Bonchev–Trinajstić information content (AvgIpc) is 2.25. The normalized spacial score (nSPS) is 9.93. The third kappa shape index (κ3) is 3.02. The van der Waals surface area contributed by atoms with Crippen molar-refractivity contribution in [3.8, 4) is 0 Å². The topological polar surface area (TPSA) is 96.1 Å². The zero-order valence-electron chi connectivity index (χ0n) is 7.82. The van der Waals surface area contributed by atoms with Crippen molar-refractivity contribution in [3.63, 3.8) is 0 Å². The van der Waals surface area contributed by atoms with Crippen LogP contribution in [0.2, 0.25) is 0 Å². The monoisotopic (exact) mass is 215 g/mol. The van der Waals surface area contributed by atoms with E-state index in [1.54, 1.807) is 6.07 Å². The highest BCUT2D eigenvalue weighted by molar-refractivity contribution is 7.98. The van der Waals surface area contributed by atoms with Crippen LogP contribution in [0.15, 0.2) is 11.2 Å². The molecule has 1 aromatic heterocycles. The first-order chi connectivity index (χ1) is 6.80. The second-order valence-electron chi connectivity index (χ2n) is 2.42. The molecule has 0 aliphatic carbocycles. The molecule has 0 unspecified atom stereocenters. The largest absolute Gasteiger partial charge is 0.395 e. The summed E-state index contributed by atoms with van der Waals surface area (Å²) in [4.78, 5) is 8.26. The summed E-state index contributed by atoms with van der Waals surface area (Å²) in [5.41, 5.74) is 2.45. The summed E-state index contributed by atoms with van der Waals surface area (Å²) in [5.74, 6) is 6.44. The van der Waals surface area contributed by atoms with Gasteiger partial charge >= 0.3 is 0 Å². The van der Waals surface area contributed by atoms with Gasteiger partial charge in [-0.05, 0) is 6.26 Å². The molecule has 14 heavy (non-hydrogen) atoms. The number of aromatic nitrogens is 2. The molecule has 0 amide bonds. The summed E-state index contributed by atoms with van der Waals surface area (Å²) >= 11 is 1.43. The first-order valence-electron chi connectivity index (χ1n) is 4.04. The van der Waals surface area contributed by atoms with E-state index in [1.807, 2.05) is 6.26 Å². The number of nitrogen functional groups attached to an aromatic ring is 1. The van der Waals surface area contributed by atoms with Gasteiger partial charge in [0, 0.05) is 12.6 Å². The molecular weight excluding hydrogens is 202 g/mol. The van der Waals surface area contributed by atoms with Gasteiger partial charge in [0.05, 0.1) is 6.61 Å². The fourth-order valence-electron chi connectivity index (χ4n) is 0.865. The molecule has 1 aromatic rings. The molecule has 1 heterocycles. The highest BCUT2D eigenvalue weighted by Gasteiger charge is 2.01. The van der Waals surface area contributed by atoms with Crippen LogP contribution < -0.4 is 16.6 Å². The smallest absolute Gasteiger partial charge is 0.191 e. The lowest BCUT2D eigenvalue weighted by molar-refractivity contribution is 0.311. The summed E-state index contributed by atoms with van der Waals surface area (Å²) in [6.07, 6.45) is 1.88. The lowest BCUT2D eigenvalue weighted by Crippen LogP contribution is -2.12. The van der Waals surface area contributed by atoms with Crippen LogP contribution in [0.1, 0.15) is 0 Å². The van der Waals surface area contributed by atoms with Crippen LogP contribution >= 0.6 is 11.8 Å². The number of hydrogen-bond donors (Lipinski definition) is 4. The SMILES string of the molecule is CSc1nc(NN)cc(NCCO)n1. The lowest BCUT2D eigenvalue weighted by Gasteiger charge is -2.07. The number of nitrogens with two attached hydrogens (primary N) is 1. The van der Waals surface area contributed by atoms with Gasteiger partial charge in [-0.15, -0.1) is 0 Å². The zero-order chi connectivity index (χ0) is 10.4. The van der Waals surface area contributed by atoms with E-state index < -0.39 is 0 Å². The Balaban J connectivity index is 2.81. The van der Waals surface area contributed by atoms with Crippen LogP contribution in [-0.4, -0.2) is 34.5 Å². The Kier molecular flexibility index (Phi) is 4.44. The quantitative estimate of drug-likeness (QED) is 0.235. The van der Waals surface area contributed by atoms with Crippen molar-refractivity contribution in [2.75, 3.05) is 30.1 Å². The van der Waals surface area contributed by atoms with E-state index >= 15 is 0 Å². The number of aliphatic hydroxyl groups excluding tert-OH is 1. The van der Waals surface area contributed by atoms with E-state index in [1.165, 1.54) is 11.8 Å². The molecular formula is C7H13N5OS. The second-order valence-corrected chi connectivity index (χ2v) is 3.19. The van der Waals surface area contributed by atoms with Gasteiger partial charge in [0.15, 0.2) is 5.16 Å². The Morgan fingerprint density at radius 3 is 2.79 bits per heavy atom. The summed E-state index contributed by atoms with van der Waals surface area (Å²) in [6, 6.07) is 1.68.